The predicted octanol–water partition coefficient (Wildman–Crippen LogP) is 3.82. The van der Waals surface area contributed by atoms with Gasteiger partial charge in [0.25, 0.3) is 5.69 Å². The Hall–Kier alpha value is -0.750. The van der Waals surface area contributed by atoms with Crippen LogP contribution in [0.4, 0.5) is 11.4 Å². The van der Waals surface area contributed by atoms with E-state index in [-0.39, 0.29) is 10.6 Å². The first-order valence-corrected chi connectivity index (χ1v) is 8.67. The van der Waals surface area contributed by atoms with Crippen LogP contribution in [0, 0.1) is 10.1 Å². The average Bonchev–Trinajstić information content (AvgIpc) is 2.46. The summed E-state index contributed by atoms with van der Waals surface area (Å²) >= 11 is 5.36. The molecule has 0 unspecified atom stereocenters. The number of nitrogens with zero attached hydrogens (tertiary/aromatic N) is 2. The number of nitro benzene ring substituents is 1. The first-order chi connectivity index (χ1) is 9.15. The van der Waals surface area contributed by atoms with E-state index in [0.717, 1.165) is 29.6 Å². The lowest BCUT2D eigenvalue weighted by molar-refractivity contribution is -0.384. The van der Waals surface area contributed by atoms with E-state index in [1.807, 2.05) is 17.8 Å². The Morgan fingerprint density at radius 1 is 1.47 bits per heavy atom. The molecule has 0 amide bonds. The van der Waals surface area contributed by atoms with Crippen molar-refractivity contribution < 1.29 is 4.92 Å². The molecule has 1 aliphatic heterocycles. The third-order valence-electron chi connectivity index (χ3n) is 3.53. The highest BCUT2D eigenvalue weighted by Gasteiger charge is 2.21. The van der Waals surface area contributed by atoms with Crippen LogP contribution in [0.5, 0.6) is 0 Å². The second-order valence-corrected chi connectivity index (χ2v) is 6.32. The summed E-state index contributed by atoms with van der Waals surface area (Å²) in [5.41, 5.74) is 2.29. The van der Waals surface area contributed by atoms with Gasteiger partial charge in [-0.1, -0.05) is 15.9 Å². The molecule has 1 fully saturated rings. The van der Waals surface area contributed by atoms with Crippen LogP contribution in [0.3, 0.4) is 0 Å². The SMILES string of the molecule is CSC1CCN(c2ccc([N+](=O)[O-])cc2CBr)CC1. The van der Waals surface area contributed by atoms with Gasteiger partial charge in [-0.2, -0.15) is 11.8 Å². The smallest absolute Gasteiger partial charge is 0.269 e. The Labute approximate surface area is 125 Å². The molecule has 1 heterocycles. The molecule has 19 heavy (non-hydrogen) atoms. The van der Waals surface area contributed by atoms with E-state index in [4.69, 9.17) is 0 Å². The van der Waals surface area contributed by atoms with Crippen LogP contribution in [-0.4, -0.2) is 29.5 Å². The fourth-order valence-corrected chi connectivity index (χ4v) is 3.56. The zero-order valence-corrected chi connectivity index (χ0v) is 13.2. The number of alkyl halides is 1. The van der Waals surface area contributed by atoms with E-state index >= 15 is 0 Å². The molecule has 0 aliphatic carbocycles. The molecule has 0 spiro atoms. The van der Waals surface area contributed by atoms with Gasteiger partial charge in [-0.3, -0.25) is 10.1 Å². The Morgan fingerprint density at radius 3 is 2.68 bits per heavy atom. The first kappa shape index (κ1) is 14.7. The Kier molecular flexibility index (Phi) is 5.10. The minimum Gasteiger partial charge on any atom is -0.371 e. The van der Waals surface area contributed by atoms with Crippen molar-refractivity contribution in [1.29, 1.82) is 0 Å². The van der Waals surface area contributed by atoms with Gasteiger partial charge in [0.2, 0.25) is 0 Å². The molecule has 0 N–H and O–H groups in total. The summed E-state index contributed by atoms with van der Waals surface area (Å²) in [4.78, 5) is 12.8. The van der Waals surface area contributed by atoms with E-state index in [1.165, 1.54) is 12.8 Å². The quantitative estimate of drug-likeness (QED) is 0.473. The molecule has 0 saturated carbocycles. The number of non-ortho nitro benzene ring substituents is 1. The number of benzene rings is 1. The van der Waals surface area contributed by atoms with E-state index < -0.39 is 0 Å². The van der Waals surface area contributed by atoms with Crippen LogP contribution in [-0.2, 0) is 5.33 Å². The number of hydrogen-bond acceptors (Lipinski definition) is 4. The van der Waals surface area contributed by atoms with E-state index in [1.54, 1.807) is 12.1 Å². The average molecular weight is 345 g/mol. The molecule has 1 aromatic rings. The summed E-state index contributed by atoms with van der Waals surface area (Å²) < 4.78 is 0. The Balaban J connectivity index is 2.18. The fourth-order valence-electron chi connectivity index (χ4n) is 2.43. The second-order valence-electron chi connectivity index (χ2n) is 4.63. The van der Waals surface area contributed by atoms with Crippen molar-refractivity contribution in [3.8, 4) is 0 Å². The number of thioether (sulfide) groups is 1. The van der Waals surface area contributed by atoms with Crippen molar-refractivity contribution in [2.24, 2.45) is 0 Å². The van der Waals surface area contributed by atoms with Crippen LogP contribution in [0.25, 0.3) is 0 Å². The Morgan fingerprint density at radius 2 is 2.16 bits per heavy atom. The van der Waals surface area contributed by atoms with Crippen molar-refractivity contribution >= 4 is 39.1 Å². The number of rotatable bonds is 4. The zero-order chi connectivity index (χ0) is 13.8. The highest BCUT2D eigenvalue weighted by atomic mass is 79.9. The van der Waals surface area contributed by atoms with Crippen LogP contribution in [0.1, 0.15) is 18.4 Å². The molecule has 0 radical (unpaired) electrons. The number of hydrogen-bond donors (Lipinski definition) is 0. The van der Waals surface area contributed by atoms with Gasteiger partial charge in [-0.05, 0) is 30.7 Å². The minimum atomic E-state index is -0.337. The lowest BCUT2D eigenvalue weighted by Crippen LogP contribution is -2.35. The predicted molar refractivity (Wildman–Crippen MR) is 84.5 cm³/mol. The standard InChI is InChI=1S/C13H17BrN2O2S/c1-19-12-4-6-15(7-5-12)13-3-2-11(16(17)18)8-10(13)9-14/h2-3,8,12H,4-7,9H2,1H3. The third-order valence-corrected chi connectivity index (χ3v) is 5.28. The van der Waals surface area contributed by atoms with Gasteiger partial charge in [0.05, 0.1) is 4.92 Å². The van der Waals surface area contributed by atoms with E-state index in [0.29, 0.717) is 5.33 Å². The van der Waals surface area contributed by atoms with Gasteiger partial charge in [0, 0.05) is 41.5 Å². The molecule has 0 atom stereocenters. The molecule has 1 aliphatic rings. The van der Waals surface area contributed by atoms with Crippen LogP contribution in [0.2, 0.25) is 0 Å². The van der Waals surface area contributed by atoms with Crippen LogP contribution < -0.4 is 4.90 Å². The summed E-state index contributed by atoms with van der Waals surface area (Å²) in [7, 11) is 0. The second kappa shape index (κ2) is 6.61. The topological polar surface area (TPSA) is 46.4 Å². The Bertz CT molecular complexity index is 462. The number of piperidine rings is 1. The third kappa shape index (κ3) is 3.42. The van der Waals surface area contributed by atoms with Gasteiger partial charge in [0.15, 0.2) is 0 Å². The highest BCUT2D eigenvalue weighted by Crippen LogP contribution is 2.31. The first-order valence-electron chi connectivity index (χ1n) is 6.26. The largest absolute Gasteiger partial charge is 0.371 e. The van der Waals surface area contributed by atoms with Crippen molar-refractivity contribution in [2.45, 2.75) is 23.4 Å². The number of nitro groups is 1. The number of anilines is 1. The van der Waals surface area contributed by atoms with E-state index in [2.05, 4.69) is 27.1 Å². The highest BCUT2D eigenvalue weighted by molar-refractivity contribution is 9.08. The molecular formula is C13H17BrN2O2S. The van der Waals surface area contributed by atoms with Crippen molar-refractivity contribution in [1.82, 2.24) is 0 Å². The van der Waals surface area contributed by atoms with Gasteiger partial charge in [0.1, 0.15) is 0 Å². The van der Waals surface area contributed by atoms with Gasteiger partial charge < -0.3 is 4.90 Å². The maximum atomic E-state index is 10.8. The lowest BCUT2D eigenvalue weighted by Gasteiger charge is -2.34. The molecule has 6 heteroatoms. The number of halogens is 1. The summed E-state index contributed by atoms with van der Waals surface area (Å²) in [6.45, 7) is 2.06. The summed E-state index contributed by atoms with van der Waals surface area (Å²) in [5, 5.41) is 12.2. The van der Waals surface area contributed by atoms with Crippen molar-refractivity contribution in [3.63, 3.8) is 0 Å². The normalized spacial score (nSPS) is 16.6. The molecule has 104 valence electrons. The summed E-state index contributed by atoms with van der Waals surface area (Å²) in [5.74, 6) is 0. The molecular weight excluding hydrogens is 328 g/mol. The molecule has 4 nitrogen and oxygen atoms in total. The molecule has 2 rings (SSSR count). The molecule has 1 aromatic carbocycles. The van der Waals surface area contributed by atoms with Gasteiger partial charge >= 0.3 is 0 Å². The van der Waals surface area contributed by atoms with Crippen LogP contribution in [0.15, 0.2) is 18.2 Å². The van der Waals surface area contributed by atoms with Gasteiger partial charge in [-0.15, -0.1) is 0 Å². The zero-order valence-electron chi connectivity index (χ0n) is 10.8. The maximum absolute atomic E-state index is 10.8. The minimum absolute atomic E-state index is 0.164. The maximum Gasteiger partial charge on any atom is 0.269 e. The molecule has 0 bridgehead atoms. The van der Waals surface area contributed by atoms with E-state index in [9.17, 15) is 10.1 Å². The summed E-state index contributed by atoms with van der Waals surface area (Å²) in [6.07, 6.45) is 4.52. The molecule has 1 saturated heterocycles. The molecule has 0 aromatic heterocycles. The monoisotopic (exact) mass is 344 g/mol. The van der Waals surface area contributed by atoms with Gasteiger partial charge in [-0.25, -0.2) is 0 Å². The summed E-state index contributed by atoms with van der Waals surface area (Å²) in [6, 6.07) is 5.15. The van der Waals surface area contributed by atoms with Crippen molar-refractivity contribution in [2.75, 3.05) is 24.2 Å². The van der Waals surface area contributed by atoms with Crippen LogP contribution >= 0.6 is 27.7 Å². The lowest BCUT2D eigenvalue weighted by atomic mass is 10.1. The van der Waals surface area contributed by atoms with Crippen molar-refractivity contribution in [3.05, 3.63) is 33.9 Å². The fraction of sp³-hybridized carbons (Fsp3) is 0.538.